The highest BCUT2D eigenvalue weighted by atomic mass is 16.7. The molecule has 2 aliphatic rings. The highest BCUT2D eigenvalue weighted by molar-refractivity contribution is 6.07. The number of nitrogens with zero attached hydrogens (tertiary/aromatic N) is 3. The number of piperazine rings is 1. The highest BCUT2D eigenvalue weighted by Crippen LogP contribution is 2.33. The number of rotatable bonds is 6. The first-order valence-electron chi connectivity index (χ1n) is 12.7. The van der Waals surface area contributed by atoms with Gasteiger partial charge in [0, 0.05) is 43.7 Å². The van der Waals surface area contributed by atoms with Crippen molar-refractivity contribution >= 4 is 16.8 Å². The molecular formula is C30H29N3O4. The molecule has 0 saturated carbocycles. The maximum absolute atomic E-state index is 13.8. The van der Waals surface area contributed by atoms with Crippen molar-refractivity contribution in [2.24, 2.45) is 0 Å². The number of carbonyl (C=O) groups is 1. The summed E-state index contributed by atoms with van der Waals surface area (Å²) in [6.45, 7) is 6.67. The Morgan fingerprint density at radius 3 is 2.51 bits per heavy atom. The minimum Gasteiger partial charge on any atom is -0.494 e. The van der Waals surface area contributed by atoms with Crippen molar-refractivity contribution in [2.45, 2.75) is 13.5 Å². The van der Waals surface area contributed by atoms with Crippen molar-refractivity contribution in [1.29, 1.82) is 0 Å². The molecule has 0 atom stereocenters. The molecule has 0 bridgehead atoms. The Balaban J connectivity index is 1.19. The van der Waals surface area contributed by atoms with Crippen molar-refractivity contribution in [1.82, 2.24) is 14.8 Å². The van der Waals surface area contributed by atoms with E-state index in [-0.39, 0.29) is 12.7 Å². The third kappa shape index (κ3) is 4.82. The van der Waals surface area contributed by atoms with Crippen LogP contribution in [0.1, 0.15) is 22.8 Å². The number of ether oxygens (including phenoxy) is 3. The number of hydrogen-bond donors (Lipinski definition) is 0. The molecule has 7 nitrogen and oxygen atoms in total. The number of hydrogen-bond acceptors (Lipinski definition) is 6. The first-order chi connectivity index (χ1) is 18.2. The Bertz CT molecular complexity index is 1430. The molecule has 188 valence electrons. The van der Waals surface area contributed by atoms with Crippen LogP contribution in [0.15, 0.2) is 72.8 Å². The monoisotopic (exact) mass is 495 g/mol. The number of para-hydroxylation sites is 1. The standard InChI is InChI=1S/C30H29N3O4/c1-2-35-23-10-8-22(9-11-23)27-18-25(24-5-3-4-6-26(24)31-27)30(34)33-15-13-32(14-16-33)19-21-7-12-28-29(17-21)37-20-36-28/h3-12,17-18H,2,13-16,19-20H2,1H3. The molecule has 0 aliphatic carbocycles. The van der Waals surface area contributed by atoms with Crippen molar-refractivity contribution in [3.05, 3.63) is 83.9 Å². The molecule has 0 unspecified atom stereocenters. The minimum absolute atomic E-state index is 0.0496. The zero-order valence-electron chi connectivity index (χ0n) is 20.9. The smallest absolute Gasteiger partial charge is 0.254 e. The molecule has 37 heavy (non-hydrogen) atoms. The Hall–Kier alpha value is -4.10. The average Bonchev–Trinajstić information content (AvgIpc) is 3.41. The van der Waals surface area contributed by atoms with Gasteiger partial charge >= 0.3 is 0 Å². The van der Waals surface area contributed by atoms with Crippen molar-refractivity contribution in [3.63, 3.8) is 0 Å². The quantitative estimate of drug-likeness (QED) is 0.376. The maximum Gasteiger partial charge on any atom is 0.254 e. The molecule has 3 heterocycles. The Kier molecular flexibility index (Phi) is 6.37. The molecule has 0 radical (unpaired) electrons. The van der Waals surface area contributed by atoms with Gasteiger partial charge in [-0.1, -0.05) is 24.3 Å². The van der Waals surface area contributed by atoms with Crippen molar-refractivity contribution in [3.8, 4) is 28.5 Å². The fraction of sp³-hybridized carbons (Fsp3) is 0.267. The minimum atomic E-state index is 0.0496. The number of carbonyl (C=O) groups excluding carboxylic acids is 1. The predicted octanol–water partition coefficient (Wildman–Crippen LogP) is 4.99. The Labute approximate surface area is 216 Å². The molecule has 7 heteroatoms. The summed E-state index contributed by atoms with van der Waals surface area (Å²) >= 11 is 0. The fourth-order valence-corrected chi connectivity index (χ4v) is 4.97. The number of benzene rings is 3. The van der Waals surface area contributed by atoms with Gasteiger partial charge in [-0.05, 0) is 61.0 Å². The summed E-state index contributed by atoms with van der Waals surface area (Å²) in [6.07, 6.45) is 0. The molecule has 2 aliphatic heterocycles. The van der Waals surface area contributed by atoms with E-state index < -0.39 is 0 Å². The largest absolute Gasteiger partial charge is 0.494 e. The van der Waals surface area contributed by atoms with Crippen LogP contribution in [0, 0.1) is 0 Å². The molecule has 1 amide bonds. The van der Waals surface area contributed by atoms with Gasteiger partial charge < -0.3 is 19.1 Å². The third-order valence-corrected chi connectivity index (χ3v) is 6.91. The summed E-state index contributed by atoms with van der Waals surface area (Å²) in [7, 11) is 0. The maximum atomic E-state index is 13.8. The summed E-state index contributed by atoms with van der Waals surface area (Å²) < 4.78 is 16.5. The second kappa shape index (κ2) is 10.1. The molecule has 4 aromatic rings. The normalized spacial score (nSPS) is 15.2. The summed E-state index contributed by atoms with van der Waals surface area (Å²) in [4.78, 5) is 22.9. The van der Waals surface area contributed by atoms with E-state index in [1.165, 1.54) is 5.56 Å². The van der Waals surface area contributed by atoms with Gasteiger partial charge in [-0.3, -0.25) is 9.69 Å². The lowest BCUT2D eigenvalue weighted by Gasteiger charge is -2.35. The van der Waals surface area contributed by atoms with Crippen molar-refractivity contribution in [2.75, 3.05) is 39.6 Å². The summed E-state index contributed by atoms with van der Waals surface area (Å²) in [5, 5.41) is 0.880. The van der Waals surface area contributed by atoms with Gasteiger partial charge in [0.05, 0.1) is 23.4 Å². The second-order valence-electron chi connectivity index (χ2n) is 9.29. The molecule has 1 aromatic heterocycles. The zero-order chi connectivity index (χ0) is 25.2. The molecule has 1 saturated heterocycles. The van der Waals surface area contributed by atoms with Crippen LogP contribution in [0.3, 0.4) is 0 Å². The van der Waals surface area contributed by atoms with Crippen LogP contribution in [0.4, 0.5) is 0 Å². The van der Waals surface area contributed by atoms with Gasteiger partial charge in [0.2, 0.25) is 6.79 Å². The van der Waals surface area contributed by atoms with Crippen LogP contribution in [0.2, 0.25) is 0 Å². The van der Waals surface area contributed by atoms with E-state index >= 15 is 0 Å². The van der Waals surface area contributed by atoms with E-state index in [4.69, 9.17) is 19.2 Å². The van der Waals surface area contributed by atoms with E-state index in [1.807, 2.05) is 78.6 Å². The van der Waals surface area contributed by atoms with E-state index in [0.29, 0.717) is 25.3 Å². The SMILES string of the molecule is CCOc1ccc(-c2cc(C(=O)N3CCN(Cc4ccc5c(c4)OCO5)CC3)c3ccccc3n2)cc1. The van der Waals surface area contributed by atoms with Gasteiger partial charge in [0.1, 0.15) is 5.75 Å². The molecular weight excluding hydrogens is 466 g/mol. The van der Waals surface area contributed by atoms with Crippen LogP contribution in [0.25, 0.3) is 22.2 Å². The van der Waals surface area contributed by atoms with Crippen LogP contribution in [-0.4, -0.2) is 60.3 Å². The van der Waals surface area contributed by atoms with Gasteiger partial charge in [-0.2, -0.15) is 0 Å². The first kappa shape index (κ1) is 23.3. The van der Waals surface area contributed by atoms with Gasteiger partial charge in [-0.15, -0.1) is 0 Å². The topological polar surface area (TPSA) is 64.1 Å². The lowest BCUT2D eigenvalue weighted by atomic mass is 10.0. The third-order valence-electron chi connectivity index (χ3n) is 6.91. The Morgan fingerprint density at radius 2 is 1.70 bits per heavy atom. The molecule has 1 fully saturated rings. The fourth-order valence-electron chi connectivity index (χ4n) is 4.97. The molecule has 3 aromatic carbocycles. The summed E-state index contributed by atoms with van der Waals surface area (Å²) in [5.41, 5.74) is 4.44. The van der Waals surface area contributed by atoms with Gasteiger partial charge in [0.15, 0.2) is 11.5 Å². The summed E-state index contributed by atoms with van der Waals surface area (Å²) in [5.74, 6) is 2.48. The van der Waals surface area contributed by atoms with Crippen LogP contribution in [-0.2, 0) is 6.54 Å². The number of aromatic nitrogens is 1. The van der Waals surface area contributed by atoms with E-state index in [2.05, 4.69) is 11.0 Å². The summed E-state index contributed by atoms with van der Waals surface area (Å²) in [6, 6.07) is 23.8. The second-order valence-corrected chi connectivity index (χ2v) is 9.29. The predicted molar refractivity (Wildman–Crippen MR) is 142 cm³/mol. The number of amides is 1. The van der Waals surface area contributed by atoms with E-state index in [9.17, 15) is 4.79 Å². The average molecular weight is 496 g/mol. The van der Waals surface area contributed by atoms with Crippen LogP contribution >= 0.6 is 0 Å². The lowest BCUT2D eigenvalue weighted by Crippen LogP contribution is -2.48. The van der Waals surface area contributed by atoms with E-state index in [1.54, 1.807) is 0 Å². The molecule has 0 spiro atoms. The van der Waals surface area contributed by atoms with Crippen LogP contribution in [0.5, 0.6) is 17.2 Å². The molecule has 0 N–H and O–H groups in total. The first-order valence-corrected chi connectivity index (χ1v) is 12.7. The number of fused-ring (bicyclic) bond motifs is 2. The molecule has 6 rings (SSSR count). The van der Waals surface area contributed by atoms with E-state index in [0.717, 1.165) is 59.0 Å². The Morgan fingerprint density at radius 1 is 0.919 bits per heavy atom. The number of pyridine rings is 1. The van der Waals surface area contributed by atoms with Gasteiger partial charge in [0.25, 0.3) is 5.91 Å². The van der Waals surface area contributed by atoms with Crippen LogP contribution < -0.4 is 14.2 Å². The zero-order valence-corrected chi connectivity index (χ0v) is 20.9. The van der Waals surface area contributed by atoms with Gasteiger partial charge in [-0.25, -0.2) is 4.98 Å². The lowest BCUT2D eigenvalue weighted by molar-refractivity contribution is 0.0630. The van der Waals surface area contributed by atoms with Crippen molar-refractivity contribution < 1.29 is 19.0 Å². The highest BCUT2D eigenvalue weighted by Gasteiger charge is 2.25.